The Kier molecular flexibility index (Phi) is 2.08. The molecule has 1 fully saturated rings. The molecule has 0 aliphatic heterocycles. The Morgan fingerprint density at radius 3 is 2.17 bits per heavy atom. The zero-order valence-electron chi connectivity index (χ0n) is 7.83. The van der Waals surface area contributed by atoms with Crippen molar-refractivity contribution in [2.24, 2.45) is 33.0 Å². The molecule has 4 N–H and O–H groups in total. The van der Waals surface area contributed by atoms with Crippen LogP contribution in [0.2, 0.25) is 0 Å². The highest BCUT2D eigenvalue weighted by Gasteiger charge is 2.47. The van der Waals surface area contributed by atoms with Crippen LogP contribution in [-0.2, 0) is 0 Å². The number of hydrogen-bond acceptors (Lipinski definition) is 2. The van der Waals surface area contributed by atoms with Crippen molar-refractivity contribution in [2.75, 3.05) is 0 Å². The summed E-state index contributed by atoms with van der Waals surface area (Å²) < 4.78 is 0. The Morgan fingerprint density at radius 1 is 1.33 bits per heavy atom. The van der Waals surface area contributed by atoms with Gasteiger partial charge in [0.1, 0.15) is 0 Å². The molecule has 0 saturated heterocycles. The van der Waals surface area contributed by atoms with Crippen molar-refractivity contribution in [3.63, 3.8) is 0 Å². The van der Waals surface area contributed by atoms with Gasteiger partial charge in [0, 0.05) is 11.6 Å². The Hall–Kier alpha value is -1.06. The molecule has 1 aliphatic carbocycles. The molecule has 0 heterocycles. The summed E-state index contributed by atoms with van der Waals surface area (Å²) in [4.78, 5) is 0. The predicted molar refractivity (Wildman–Crippen MR) is 50.8 cm³/mol. The lowest BCUT2D eigenvalue weighted by Crippen LogP contribution is -2.22. The number of nitrogens with zero attached hydrogens (tertiary/aromatic N) is 2. The summed E-state index contributed by atoms with van der Waals surface area (Å²) in [5.41, 5.74) is 11.7. The molecule has 0 bridgehead atoms. The van der Waals surface area contributed by atoms with Gasteiger partial charge >= 0.3 is 0 Å². The number of hydrogen-bond donors (Lipinski definition) is 2. The molecule has 1 saturated carbocycles. The summed E-state index contributed by atoms with van der Waals surface area (Å²) in [6, 6.07) is 0. The summed E-state index contributed by atoms with van der Waals surface area (Å²) in [5.74, 6) is 0.577. The van der Waals surface area contributed by atoms with Crippen LogP contribution in [0.15, 0.2) is 10.2 Å². The SMILES string of the molecule is C/C(=N\N=C(N)N)C1CC1(C)C. The van der Waals surface area contributed by atoms with Gasteiger partial charge in [-0.05, 0) is 18.8 Å². The average Bonchev–Trinajstić information content (AvgIpc) is 2.55. The van der Waals surface area contributed by atoms with E-state index in [1.54, 1.807) is 0 Å². The van der Waals surface area contributed by atoms with E-state index >= 15 is 0 Å². The van der Waals surface area contributed by atoms with Gasteiger partial charge < -0.3 is 11.5 Å². The van der Waals surface area contributed by atoms with Crippen LogP contribution in [-0.4, -0.2) is 11.7 Å². The fraction of sp³-hybridized carbons (Fsp3) is 0.750. The van der Waals surface area contributed by atoms with E-state index in [9.17, 15) is 0 Å². The predicted octanol–water partition coefficient (Wildman–Crippen LogP) is 0.682. The maximum absolute atomic E-state index is 5.15. The largest absolute Gasteiger partial charge is 0.369 e. The van der Waals surface area contributed by atoms with E-state index in [1.807, 2.05) is 6.92 Å². The third-order valence-corrected chi connectivity index (χ3v) is 2.34. The van der Waals surface area contributed by atoms with E-state index in [-0.39, 0.29) is 5.96 Å². The first-order valence-corrected chi connectivity index (χ1v) is 4.06. The summed E-state index contributed by atoms with van der Waals surface area (Å²) >= 11 is 0. The second-order valence-electron chi connectivity index (χ2n) is 4.01. The molecule has 1 atom stereocenters. The molecule has 0 radical (unpaired) electrons. The van der Waals surface area contributed by atoms with Gasteiger partial charge in [0.05, 0.1) is 0 Å². The normalized spacial score (nSPS) is 26.6. The first kappa shape index (κ1) is 9.03. The molecule has 0 aromatic heterocycles. The molecule has 4 heteroatoms. The molecule has 1 unspecified atom stereocenters. The van der Waals surface area contributed by atoms with E-state index < -0.39 is 0 Å². The highest BCUT2D eigenvalue weighted by molar-refractivity contribution is 5.88. The van der Waals surface area contributed by atoms with Gasteiger partial charge in [0.15, 0.2) is 0 Å². The summed E-state index contributed by atoms with van der Waals surface area (Å²) in [6.07, 6.45) is 1.18. The quantitative estimate of drug-likeness (QED) is 0.361. The minimum absolute atomic E-state index is 0.0211. The van der Waals surface area contributed by atoms with Gasteiger partial charge in [0.2, 0.25) is 5.96 Å². The number of nitrogens with two attached hydrogens (primary N) is 2. The monoisotopic (exact) mass is 168 g/mol. The van der Waals surface area contributed by atoms with Crippen LogP contribution in [0.4, 0.5) is 0 Å². The standard InChI is InChI=1S/C8H16N4/c1-5(11-12-7(9)10)6-4-8(6,2)3/h6H,4H2,1-3H3,(H4,9,10,12)/b11-5+. The fourth-order valence-electron chi connectivity index (χ4n) is 1.39. The lowest BCUT2D eigenvalue weighted by molar-refractivity contribution is 0.620. The lowest BCUT2D eigenvalue weighted by atomic mass is 10.1. The Morgan fingerprint density at radius 2 is 1.83 bits per heavy atom. The van der Waals surface area contributed by atoms with Crippen molar-refractivity contribution < 1.29 is 0 Å². The van der Waals surface area contributed by atoms with Crippen molar-refractivity contribution in [3.8, 4) is 0 Å². The van der Waals surface area contributed by atoms with Crippen LogP contribution >= 0.6 is 0 Å². The van der Waals surface area contributed by atoms with E-state index in [4.69, 9.17) is 11.5 Å². The van der Waals surface area contributed by atoms with Gasteiger partial charge in [0.25, 0.3) is 0 Å². The van der Waals surface area contributed by atoms with Crippen molar-refractivity contribution in [1.29, 1.82) is 0 Å². The second kappa shape index (κ2) is 2.77. The van der Waals surface area contributed by atoms with Crippen molar-refractivity contribution >= 4 is 11.7 Å². The van der Waals surface area contributed by atoms with E-state index in [1.165, 1.54) is 6.42 Å². The van der Waals surface area contributed by atoms with Crippen LogP contribution in [0.5, 0.6) is 0 Å². The molecule has 4 nitrogen and oxygen atoms in total. The van der Waals surface area contributed by atoms with Crippen molar-refractivity contribution in [3.05, 3.63) is 0 Å². The fourth-order valence-corrected chi connectivity index (χ4v) is 1.39. The summed E-state index contributed by atoms with van der Waals surface area (Å²) in [5, 5.41) is 7.55. The second-order valence-corrected chi connectivity index (χ2v) is 4.01. The van der Waals surface area contributed by atoms with E-state index in [0.29, 0.717) is 11.3 Å². The molecular formula is C8H16N4. The average molecular weight is 168 g/mol. The first-order valence-electron chi connectivity index (χ1n) is 4.06. The van der Waals surface area contributed by atoms with Crippen molar-refractivity contribution in [2.45, 2.75) is 27.2 Å². The first-order chi connectivity index (χ1) is 5.43. The van der Waals surface area contributed by atoms with E-state index in [2.05, 4.69) is 24.1 Å². The highest BCUT2D eigenvalue weighted by Crippen LogP contribution is 2.52. The van der Waals surface area contributed by atoms with Gasteiger partial charge in [-0.1, -0.05) is 13.8 Å². The molecule has 0 aromatic rings. The van der Waals surface area contributed by atoms with Gasteiger partial charge in [-0.3, -0.25) is 0 Å². The van der Waals surface area contributed by atoms with Crippen molar-refractivity contribution in [1.82, 2.24) is 0 Å². The third-order valence-electron chi connectivity index (χ3n) is 2.34. The molecule has 68 valence electrons. The third kappa shape index (κ3) is 1.96. The van der Waals surface area contributed by atoms with Gasteiger partial charge in [-0.15, -0.1) is 5.10 Å². The van der Waals surface area contributed by atoms with Gasteiger partial charge in [-0.25, -0.2) is 0 Å². The molecule has 0 spiro atoms. The highest BCUT2D eigenvalue weighted by atomic mass is 15.3. The summed E-state index contributed by atoms with van der Waals surface area (Å²) in [7, 11) is 0. The molecule has 1 rings (SSSR count). The van der Waals surface area contributed by atoms with Crippen LogP contribution in [0.1, 0.15) is 27.2 Å². The molecular weight excluding hydrogens is 152 g/mol. The Bertz CT molecular complexity index is 235. The minimum Gasteiger partial charge on any atom is -0.369 e. The lowest BCUT2D eigenvalue weighted by Gasteiger charge is -1.99. The summed E-state index contributed by atoms with van der Waals surface area (Å²) in [6.45, 7) is 6.39. The van der Waals surface area contributed by atoms with Crippen LogP contribution in [0, 0.1) is 11.3 Å². The van der Waals surface area contributed by atoms with Gasteiger partial charge in [-0.2, -0.15) is 5.10 Å². The zero-order valence-corrected chi connectivity index (χ0v) is 7.83. The molecule has 1 aliphatic rings. The minimum atomic E-state index is 0.0211. The molecule has 0 amide bonds. The number of rotatable bonds is 2. The van der Waals surface area contributed by atoms with Crippen LogP contribution in [0.3, 0.4) is 0 Å². The molecule has 0 aromatic carbocycles. The maximum Gasteiger partial charge on any atom is 0.211 e. The Balaban J connectivity index is 2.56. The zero-order chi connectivity index (χ0) is 9.35. The topological polar surface area (TPSA) is 76.8 Å². The number of guanidine groups is 1. The molecule has 12 heavy (non-hydrogen) atoms. The van der Waals surface area contributed by atoms with Crippen LogP contribution in [0.25, 0.3) is 0 Å². The van der Waals surface area contributed by atoms with Crippen LogP contribution < -0.4 is 11.5 Å². The maximum atomic E-state index is 5.15. The van der Waals surface area contributed by atoms with E-state index in [0.717, 1.165) is 5.71 Å². The Labute approximate surface area is 72.7 Å². The smallest absolute Gasteiger partial charge is 0.211 e.